The summed E-state index contributed by atoms with van der Waals surface area (Å²) in [5.74, 6) is 0. The maximum absolute atomic E-state index is 11.1. The molecule has 0 aliphatic heterocycles. The van der Waals surface area contributed by atoms with Crippen molar-refractivity contribution < 1.29 is 23.7 Å². The molecule has 108 valence electrons. The van der Waals surface area contributed by atoms with Gasteiger partial charge in [0.15, 0.2) is 0 Å². The molecule has 0 rings (SSSR count). The maximum atomic E-state index is 11.1. The summed E-state index contributed by atoms with van der Waals surface area (Å²) in [4.78, 5) is 11.1. The predicted molar refractivity (Wildman–Crippen MR) is 68.8 cm³/mol. The zero-order valence-corrected chi connectivity index (χ0v) is 11.6. The summed E-state index contributed by atoms with van der Waals surface area (Å²) in [6, 6.07) is 0. The number of carbonyl (C=O) groups excluding carboxylic acids is 1. The molecule has 0 fully saturated rings. The van der Waals surface area contributed by atoms with Gasteiger partial charge < -0.3 is 18.9 Å². The van der Waals surface area contributed by atoms with Gasteiger partial charge in [-0.25, -0.2) is 4.79 Å². The molecule has 0 aliphatic rings. The van der Waals surface area contributed by atoms with Crippen LogP contribution in [0.3, 0.4) is 0 Å². The van der Waals surface area contributed by atoms with Gasteiger partial charge in [0.05, 0.1) is 26.4 Å². The van der Waals surface area contributed by atoms with Crippen molar-refractivity contribution in [1.82, 2.24) is 0 Å². The third-order valence-electron chi connectivity index (χ3n) is 2.30. The van der Waals surface area contributed by atoms with Gasteiger partial charge in [-0.3, -0.25) is 0 Å². The lowest BCUT2D eigenvalue weighted by Gasteiger charge is -2.06. The van der Waals surface area contributed by atoms with Gasteiger partial charge in [0.2, 0.25) is 0 Å². The van der Waals surface area contributed by atoms with Crippen LogP contribution in [0.25, 0.3) is 0 Å². The quantitative estimate of drug-likeness (QED) is 0.400. The third-order valence-corrected chi connectivity index (χ3v) is 2.30. The molecular formula is C13H26O5. The first-order valence-corrected chi connectivity index (χ1v) is 6.67. The number of methoxy groups -OCH3 is 1. The second kappa shape index (κ2) is 14.3. The van der Waals surface area contributed by atoms with Crippen LogP contribution in [0.2, 0.25) is 0 Å². The van der Waals surface area contributed by atoms with Gasteiger partial charge >= 0.3 is 6.16 Å². The second-order valence-electron chi connectivity index (χ2n) is 3.97. The molecule has 0 amide bonds. The summed E-state index contributed by atoms with van der Waals surface area (Å²) < 4.78 is 19.8. The van der Waals surface area contributed by atoms with Crippen molar-refractivity contribution in [3.63, 3.8) is 0 Å². The molecular weight excluding hydrogens is 236 g/mol. The first kappa shape index (κ1) is 17.2. The Bertz CT molecular complexity index is 184. The lowest BCUT2D eigenvalue weighted by Crippen LogP contribution is -2.11. The molecule has 5 heteroatoms. The number of ether oxygens (including phenoxy) is 4. The molecule has 0 aromatic rings. The van der Waals surface area contributed by atoms with E-state index in [1.807, 2.05) is 0 Å². The van der Waals surface area contributed by atoms with E-state index in [0.29, 0.717) is 39.5 Å². The van der Waals surface area contributed by atoms with Gasteiger partial charge in [0, 0.05) is 20.1 Å². The average molecular weight is 262 g/mol. The fourth-order valence-electron chi connectivity index (χ4n) is 1.29. The van der Waals surface area contributed by atoms with Crippen LogP contribution in [0, 0.1) is 0 Å². The van der Waals surface area contributed by atoms with Crippen LogP contribution in [-0.2, 0) is 18.9 Å². The monoisotopic (exact) mass is 262 g/mol. The molecule has 0 bridgehead atoms. The highest BCUT2D eigenvalue weighted by atomic mass is 16.7. The summed E-state index contributed by atoms with van der Waals surface area (Å²) >= 11 is 0. The Morgan fingerprint density at radius 2 is 1.56 bits per heavy atom. The number of unbranched alkanes of at least 4 members (excludes halogenated alkanes) is 3. The summed E-state index contributed by atoms with van der Waals surface area (Å²) in [5, 5.41) is 0. The van der Waals surface area contributed by atoms with E-state index < -0.39 is 6.16 Å². The van der Waals surface area contributed by atoms with Crippen LogP contribution < -0.4 is 0 Å². The van der Waals surface area contributed by atoms with E-state index in [9.17, 15) is 4.79 Å². The van der Waals surface area contributed by atoms with Crippen molar-refractivity contribution in [2.24, 2.45) is 0 Å². The highest BCUT2D eigenvalue weighted by Crippen LogP contribution is 1.99. The van der Waals surface area contributed by atoms with E-state index in [2.05, 4.69) is 6.92 Å². The molecule has 18 heavy (non-hydrogen) atoms. The molecule has 0 aromatic carbocycles. The van der Waals surface area contributed by atoms with Crippen LogP contribution in [0.4, 0.5) is 4.79 Å². The Balaban J connectivity index is 3.12. The lowest BCUT2D eigenvalue weighted by atomic mass is 10.2. The van der Waals surface area contributed by atoms with Crippen molar-refractivity contribution >= 4 is 6.16 Å². The Morgan fingerprint density at radius 3 is 2.22 bits per heavy atom. The minimum atomic E-state index is -0.580. The van der Waals surface area contributed by atoms with E-state index in [1.165, 1.54) is 12.8 Å². The van der Waals surface area contributed by atoms with E-state index in [1.54, 1.807) is 7.11 Å². The second-order valence-corrected chi connectivity index (χ2v) is 3.97. The first-order chi connectivity index (χ1) is 8.81. The highest BCUT2D eigenvalue weighted by molar-refractivity contribution is 5.59. The first-order valence-electron chi connectivity index (χ1n) is 6.67. The Labute approximate surface area is 110 Å². The largest absolute Gasteiger partial charge is 0.508 e. The smallest absolute Gasteiger partial charge is 0.434 e. The van der Waals surface area contributed by atoms with E-state index in [4.69, 9.17) is 18.9 Å². The van der Waals surface area contributed by atoms with E-state index in [0.717, 1.165) is 12.8 Å². The fourth-order valence-corrected chi connectivity index (χ4v) is 1.29. The average Bonchev–Trinajstić information content (AvgIpc) is 2.37. The van der Waals surface area contributed by atoms with Gasteiger partial charge in [-0.1, -0.05) is 26.2 Å². The van der Waals surface area contributed by atoms with Crippen molar-refractivity contribution in [2.45, 2.75) is 39.0 Å². The molecule has 0 atom stereocenters. The molecule has 0 aromatic heterocycles. The van der Waals surface area contributed by atoms with Crippen molar-refractivity contribution in [1.29, 1.82) is 0 Å². The van der Waals surface area contributed by atoms with Gasteiger partial charge in [0.25, 0.3) is 0 Å². The maximum Gasteiger partial charge on any atom is 0.508 e. The van der Waals surface area contributed by atoms with Gasteiger partial charge in [-0.15, -0.1) is 0 Å². The zero-order valence-electron chi connectivity index (χ0n) is 11.6. The molecule has 5 nitrogen and oxygen atoms in total. The highest BCUT2D eigenvalue weighted by Gasteiger charge is 2.02. The third kappa shape index (κ3) is 13.3. The van der Waals surface area contributed by atoms with Crippen LogP contribution in [0.15, 0.2) is 0 Å². The normalized spacial score (nSPS) is 10.3. The number of rotatable bonds is 12. The Kier molecular flexibility index (Phi) is 13.6. The Hall–Kier alpha value is -0.810. The minimum absolute atomic E-state index is 0.334. The predicted octanol–water partition coefficient (Wildman–Crippen LogP) is 2.77. The zero-order chi connectivity index (χ0) is 13.5. The number of carbonyl (C=O) groups is 1. The summed E-state index contributed by atoms with van der Waals surface area (Å²) in [6.07, 6.45) is 4.45. The molecule has 0 unspecified atom stereocenters. The summed E-state index contributed by atoms with van der Waals surface area (Å²) in [5.41, 5.74) is 0. The van der Waals surface area contributed by atoms with Gasteiger partial charge in [0.1, 0.15) is 0 Å². The van der Waals surface area contributed by atoms with E-state index in [-0.39, 0.29) is 0 Å². The fraction of sp³-hybridized carbons (Fsp3) is 0.923. The lowest BCUT2D eigenvalue weighted by molar-refractivity contribution is 0.0362. The summed E-state index contributed by atoms with van der Waals surface area (Å²) in [6.45, 7) is 4.64. The summed E-state index contributed by atoms with van der Waals surface area (Å²) in [7, 11) is 1.63. The van der Waals surface area contributed by atoms with Gasteiger partial charge in [-0.2, -0.15) is 0 Å². The molecule has 0 spiro atoms. The molecule has 0 aliphatic carbocycles. The van der Waals surface area contributed by atoms with Crippen molar-refractivity contribution in [3.8, 4) is 0 Å². The van der Waals surface area contributed by atoms with Crippen LogP contribution in [0.5, 0.6) is 0 Å². The topological polar surface area (TPSA) is 54.0 Å². The molecule has 0 saturated heterocycles. The molecule has 0 heterocycles. The SMILES string of the molecule is CCCCCCOC(=O)OCCCOCCOC. The number of hydrogen-bond acceptors (Lipinski definition) is 5. The molecule has 0 saturated carbocycles. The van der Waals surface area contributed by atoms with E-state index >= 15 is 0 Å². The minimum Gasteiger partial charge on any atom is -0.434 e. The molecule has 0 radical (unpaired) electrons. The Morgan fingerprint density at radius 1 is 0.833 bits per heavy atom. The van der Waals surface area contributed by atoms with Crippen molar-refractivity contribution in [3.05, 3.63) is 0 Å². The van der Waals surface area contributed by atoms with Gasteiger partial charge in [-0.05, 0) is 6.42 Å². The molecule has 0 N–H and O–H groups in total. The van der Waals surface area contributed by atoms with Crippen LogP contribution in [-0.4, -0.2) is 46.3 Å². The van der Waals surface area contributed by atoms with Crippen LogP contribution >= 0.6 is 0 Å². The van der Waals surface area contributed by atoms with Crippen molar-refractivity contribution in [2.75, 3.05) is 40.1 Å². The standard InChI is InChI=1S/C13H26O5/c1-3-4-5-6-9-17-13(14)18-10-7-8-16-12-11-15-2/h3-12H2,1-2H3. The van der Waals surface area contributed by atoms with Crippen LogP contribution in [0.1, 0.15) is 39.0 Å². The number of hydrogen-bond donors (Lipinski definition) is 0.